The Morgan fingerprint density at radius 3 is 2.70 bits per heavy atom. The van der Waals surface area contributed by atoms with Gasteiger partial charge in [0.25, 0.3) is 0 Å². The Labute approximate surface area is 117 Å². The van der Waals surface area contributed by atoms with Gasteiger partial charge in [0, 0.05) is 17.1 Å². The molecule has 2 bridgehead atoms. The lowest BCUT2D eigenvalue weighted by Crippen LogP contribution is -2.14. The van der Waals surface area contributed by atoms with Gasteiger partial charge in [-0.15, -0.1) is 0 Å². The molecule has 3 aliphatic carbocycles. The van der Waals surface area contributed by atoms with Gasteiger partial charge in [-0.3, -0.25) is 0 Å². The van der Waals surface area contributed by atoms with Crippen molar-refractivity contribution in [1.29, 1.82) is 0 Å². The number of nitrogen functional groups attached to an aromatic ring is 1. The number of aromatic nitrogens is 2. The van der Waals surface area contributed by atoms with Crippen LogP contribution in [0.15, 0.2) is 24.5 Å². The molecule has 4 atom stereocenters. The van der Waals surface area contributed by atoms with E-state index >= 15 is 0 Å². The predicted molar refractivity (Wildman–Crippen MR) is 79.2 cm³/mol. The van der Waals surface area contributed by atoms with Crippen molar-refractivity contribution in [2.45, 2.75) is 25.3 Å². The minimum absolute atomic E-state index is 0.640. The van der Waals surface area contributed by atoms with Crippen molar-refractivity contribution in [2.75, 3.05) is 11.1 Å². The van der Waals surface area contributed by atoms with E-state index in [1.807, 2.05) is 18.2 Å². The Morgan fingerprint density at radius 1 is 1.10 bits per heavy atom. The Bertz CT molecular complexity index is 682. The SMILES string of the molecule is Nc1ccc2ncnc(NC3C4C5CCC(C5)C34)c2c1. The van der Waals surface area contributed by atoms with Crippen molar-refractivity contribution in [2.24, 2.45) is 23.7 Å². The summed E-state index contributed by atoms with van der Waals surface area (Å²) in [5, 5.41) is 4.73. The zero-order valence-corrected chi connectivity index (χ0v) is 11.3. The molecule has 2 aromatic rings. The monoisotopic (exact) mass is 266 g/mol. The van der Waals surface area contributed by atoms with Crippen LogP contribution in [-0.4, -0.2) is 16.0 Å². The average molecular weight is 266 g/mol. The van der Waals surface area contributed by atoms with Crippen LogP contribution in [0.4, 0.5) is 11.5 Å². The number of benzene rings is 1. The number of nitrogens with two attached hydrogens (primary N) is 1. The third kappa shape index (κ3) is 1.37. The second kappa shape index (κ2) is 3.62. The largest absolute Gasteiger partial charge is 0.399 e. The molecule has 20 heavy (non-hydrogen) atoms. The van der Waals surface area contributed by atoms with Gasteiger partial charge in [-0.1, -0.05) is 0 Å². The fraction of sp³-hybridized carbons (Fsp3) is 0.500. The molecule has 4 nitrogen and oxygen atoms in total. The van der Waals surface area contributed by atoms with Gasteiger partial charge in [0.1, 0.15) is 12.1 Å². The van der Waals surface area contributed by atoms with Crippen LogP contribution < -0.4 is 11.1 Å². The standard InChI is InChI=1S/C16H18N4/c17-10-3-4-12-11(6-10)16(19-7-18-12)20-15-13-8-1-2-9(5-8)14(13)15/h3-4,6-9,13-15H,1-2,5,17H2,(H,18,19,20). The van der Waals surface area contributed by atoms with E-state index in [0.717, 1.165) is 46.1 Å². The highest BCUT2D eigenvalue weighted by Crippen LogP contribution is 2.66. The number of nitrogens with zero attached hydrogens (tertiary/aromatic N) is 2. The highest BCUT2D eigenvalue weighted by molar-refractivity contribution is 5.91. The average Bonchev–Trinajstić information content (AvgIpc) is 2.84. The van der Waals surface area contributed by atoms with E-state index in [1.165, 1.54) is 19.3 Å². The molecule has 3 fully saturated rings. The smallest absolute Gasteiger partial charge is 0.137 e. The number of hydrogen-bond donors (Lipinski definition) is 2. The number of anilines is 2. The first-order valence-electron chi connectivity index (χ1n) is 7.58. The van der Waals surface area contributed by atoms with Crippen LogP contribution in [0.25, 0.3) is 10.9 Å². The minimum Gasteiger partial charge on any atom is -0.399 e. The van der Waals surface area contributed by atoms with Gasteiger partial charge in [-0.05, 0) is 61.1 Å². The van der Waals surface area contributed by atoms with Gasteiger partial charge in [-0.25, -0.2) is 9.97 Å². The highest BCUT2D eigenvalue weighted by Gasteiger charge is 2.65. The molecule has 1 aromatic heterocycles. The molecule has 3 N–H and O–H groups in total. The molecule has 0 amide bonds. The fourth-order valence-electron chi connectivity index (χ4n) is 4.87. The Morgan fingerprint density at radius 2 is 1.90 bits per heavy atom. The molecule has 4 unspecified atom stereocenters. The third-order valence-corrected chi connectivity index (χ3v) is 5.70. The Hall–Kier alpha value is -1.84. The quantitative estimate of drug-likeness (QED) is 0.820. The second-order valence-electron chi connectivity index (χ2n) is 6.66. The van der Waals surface area contributed by atoms with Gasteiger partial charge in [0.2, 0.25) is 0 Å². The van der Waals surface area contributed by atoms with Crippen LogP contribution in [0.3, 0.4) is 0 Å². The fourth-order valence-corrected chi connectivity index (χ4v) is 4.87. The first-order valence-corrected chi connectivity index (χ1v) is 7.58. The van der Waals surface area contributed by atoms with E-state index in [4.69, 9.17) is 5.73 Å². The van der Waals surface area contributed by atoms with Crippen molar-refractivity contribution in [1.82, 2.24) is 9.97 Å². The first-order chi connectivity index (χ1) is 9.81. The van der Waals surface area contributed by atoms with Gasteiger partial charge in [0.05, 0.1) is 5.52 Å². The summed E-state index contributed by atoms with van der Waals surface area (Å²) in [5.41, 5.74) is 7.64. The van der Waals surface area contributed by atoms with Crippen molar-refractivity contribution < 1.29 is 0 Å². The lowest BCUT2D eigenvalue weighted by atomic mass is 10.0. The van der Waals surface area contributed by atoms with Crippen molar-refractivity contribution in [3.8, 4) is 0 Å². The molecule has 3 aliphatic rings. The van der Waals surface area contributed by atoms with E-state index in [9.17, 15) is 0 Å². The van der Waals surface area contributed by atoms with E-state index in [1.54, 1.807) is 6.33 Å². The summed E-state index contributed by atoms with van der Waals surface area (Å²) in [6.07, 6.45) is 6.02. The summed E-state index contributed by atoms with van der Waals surface area (Å²) in [5.74, 6) is 4.71. The summed E-state index contributed by atoms with van der Waals surface area (Å²) in [7, 11) is 0. The van der Waals surface area contributed by atoms with Gasteiger partial charge >= 0.3 is 0 Å². The van der Waals surface area contributed by atoms with Crippen LogP contribution in [0.1, 0.15) is 19.3 Å². The maximum absolute atomic E-state index is 5.90. The van der Waals surface area contributed by atoms with Crippen LogP contribution >= 0.6 is 0 Å². The molecule has 102 valence electrons. The number of rotatable bonds is 2. The molecule has 0 radical (unpaired) electrons. The molecule has 5 rings (SSSR count). The molecular weight excluding hydrogens is 248 g/mol. The number of fused-ring (bicyclic) bond motifs is 6. The van der Waals surface area contributed by atoms with Crippen LogP contribution in [0.5, 0.6) is 0 Å². The van der Waals surface area contributed by atoms with Gasteiger partial charge < -0.3 is 11.1 Å². The normalized spacial score (nSPS) is 37.1. The second-order valence-corrected chi connectivity index (χ2v) is 6.66. The molecule has 0 spiro atoms. The van der Waals surface area contributed by atoms with E-state index in [-0.39, 0.29) is 0 Å². The van der Waals surface area contributed by atoms with Crippen molar-refractivity contribution >= 4 is 22.4 Å². The Kier molecular flexibility index (Phi) is 1.97. The number of nitrogens with one attached hydrogen (secondary N) is 1. The maximum Gasteiger partial charge on any atom is 0.137 e. The van der Waals surface area contributed by atoms with Crippen molar-refractivity contribution in [3.63, 3.8) is 0 Å². The van der Waals surface area contributed by atoms with Crippen LogP contribution in [0.2, 0.25) is 0 Å². The summed E-state index contributed by atoms with van der Waals surface area (Å²) < 4.78 is 0. The van der Waals surface area contributed by atoms with Crippen LogP contribution in [0, 0.1) is 23.7 Å². The summed E-state index contributed by atoms with van der Waals surface area (Å²) in [6, 6.07) is 6.48. The van der Waals surface area contributed by atoms with Crippen LogP contribution in [-0.2, 0) is 0 Å². The molecular formula is C16H18N4. The predicted octanol–water partition coefficient (Wildman–Crippen LogP) is 2.67. The molecule has 0 saturated heterocycles. The van der Waals surface area contributed by atoms with Gasteiger partial charge in [0.15, 0.2) is 0 Å². The first kappa shape index (κ1) is 10.9. The lowest BCUT2D eigenvalue weighted by molar-refractivity contribution is 0.456. The van der Waals surface area contributed by atoms with Crippen molar-refractivity contribution in [3.05, 3.63) is 24.5 Å². The van der Waals surface area contributed by atoms with E-state index in [0.29, 0.717) is 6.04 Å². The molecule has 0 aliphatic heterocycles. The summed E-state index contributed by atoms with van der Waals surface area (Å²) in [4.78, 5) is 8.77. The molecule has 1 aromatic carbocycles. The number of hydrogen-bond acceptors (Lipinski definition) is 4. The minimum atomic E-state index is 0.640. The summed E-state index contributed by atoms with van der Waals surface area (Å²) >= 11 is 0. The maximum atomic E-state index is 5.90. The molecule has 3 saturated carbocycles. The topological polar surface area (TPSA) is 63.8 Å². The highest BCUT2D eigenvalue weighted by atomic mass is 15.1. The molecule has 4 heteroatoms. The third-order valence-electron chi connectivity index (χ3n) is 5.70. The van der Waals surface area contributed by atoms with E-state index < -0.39 is 0 Å². The lowest BCUT2D eigenvalue weighted by Gasteiger charge is -2.12. The zero-order chi connectivity index (χ0) is 13.3. The Balaban J connectivity index is 1.49. The zero-order valence-electron chi connectivity index (χ0n) is 11.3. The van der Waals surface area contributed by atoms with Gasteiger partial charge in [-0.2, -0.15) is 0 Å². The summed E-state index contributed by atoms with van der Waals surface area (Å²) in [6.45, 7) is 0. The molecule has 1 heterocycles. The van der Waals surface area contributed by atoms with E-state index in [2.05, 4.69) is 15.3 Å².